The van der Waals surface area contributed by atoms with Crippen molar-refractivity contribution in [1.82, 2.24) is 0 Å². The van der Waals surface area contributed by atoms with Gasteiger partial charge in [0.15, 0.2) is 0 Å². The molecule has 4 nitrogen and oxygen atoms in total. The molecule has 0 aliphatic carbocycles. The van der Waals surface area contributed by atoms with Gasteiger partial charge in [-0.3, -0.25) is 10.1 Å². The molecule has 0 aliphatic rings. The van der Waals surface area contributed by atoms with Crippen molar-refractivity contribution in [2.45, 2.75) is 6.54 Å². The highest BCUT2D eigenvalue weighted by Crippen LogP contribution is 2.23. The molecule has 0 aromatic heterocycles. The van der Waals surface area contributed by atoms with Gasteiger partial charge < -0.3 is 5.32 Å². The van der Waals surface area contributed by atoms with Crippen LogP contribution in [0.25, 0.3) is 0 Å². The smallest absolute Gasteiger partial charge is 0.271 e. The summed E-state index contributed by atoms with van der Waals surface area (Å²) in [5.74, 6) is 0. The van der Waals surface area contributed by atoms with Gasteiger partial charge in [-0.1, -0.05) is 35.3 Å². The summed E-state index contributed by atoms with van der Waals surface area (Å²) in [5.41, 5.74) is 1.59. The molecule has 2 aromatic rings. The average molecular weight is 297 g/mol. The highest BCUT2D eigenvalue weighted by molar-refractivity contribution is 6.35. The predicted molar refractivity (Wildman–Crippen MR) is 76.9 cm³/mol. The van der Waals surface area contributed by atoms with Crippen LogP contribution in [0.4, 0.5) is 11.4 Å². The van der Waals surface area contributed by atoms with Crippen molar-refractivity contribution in [2.75, 3.05) is 5.32 Å². The Bertz CT molecular complexity index is 617. The van der Waals surface area contributed by atoms with Crippen molar-refractivity contribution >= 4 is 34.6 Å². The van der Waals surface area contributed by atoms with Gasteiger partial charge in [-0.25, -0.2) is 0 Å². The van der Waals surface area contributed by atoms with E-state index in [1.807, 2.05) is 6.07 Å². The number of nitrogens with one attached hydrogen (secondary N) is 1. The Hall–Kier alpha value is -1.78. The third kappa shape index (κ3) is 3.59. The number of nitrogens with zero attached hydrogens (tertiary/aromatic N) is 1. The summed E-state index contributed by atoms with van der Waals surface area (Å²) in [6.07, 6.45) is 0. The Balaban J connectivity index is 2.10. The first-order chi connectivity index (χ1) is 9.06. The molecule has 0 atom stereocenters. The van der Waals surface area contributed by atoms with E-state index >= 15 is 0 Å². The highest BCUT2D eigenvalue weighted by Gasteiger charge is 2.06. The molecule has 0 amide bonds. The third-order valence-electron chi connectivity index (χ3n) is 2.56. The van der Waals surface area contributed by atoms with E-state index in [0.29, 0.717) is 22.3 Å². The van der Waals surface area contributed by atoms with E-state index in [4.69, 9.17) is 23.2 Å². The lowest BCUT2D eigenvalue weighted by Crippen LogP contribution is -2.00. The van der Waals surface area contributed by atoms with E-state index in [-0.39, 0.29) is 5.69 Å². The highest BCUT2D eigenvalue weighted by atomic mass is 35.5. The number of benzene rings is 2. The lowest BCUT2D eigenvalue weighted by molar-refractivity contribution is -0.384. The van der Waals surface area contributed by atoms with Crippen LogP contribution >= 0.6 is 23.2 Å². The maximum atomic E-state index is 10.7. The molecule has 2 rings (SSSR count). The topological polar surface area (TPSA) is 55.2 Å². The second-order valence-electron chi connectivity index (χ2n) is 3.90. The van der Waals surface area contributed by atoms with E-state index in [1.165, 1.54) is 12.1 Å². The maximum Gasteiger partial charge on any atom is 0.271 e. The van der Waals surface area contributed by atoms with E-state index < -0.39 is 4.92 Å². The number of nitro groups is 1. The zero-order valence-corrected chi connectivity index (χ0v) is 11.3. The van der Waals surface area contributed by atoms with Gasteiger partial charge in [0.25, 0.3) is 5.69 Å². The van der Waals surface area contributed by atoms with Gasteiger partial charge in [0.2, 0.25) is 0 Å². The fourth-order valence-electron chi connectivity index (χ4n) is 1.59. The molecule has 0 bridgehead atoms. The standard InChI is InChI=1S/C13H10Cl2N2O2/c14-10-5-4-9(13(15)6-10)8-16-11-2-1-3-12(7-11)17(18)19/h1-7,16H,8H2. The second kappa shape index (κ2) is 5.91. The zero-order valence-electron chi connectivity index (χ0n) is 9.77. The van der Waals surface area contributed by atoms with Gasteiger partial charge in [0, 0.05) is 34.4 Å². The number of rotatable bonds is 4. The summed E-state index contributed by atoms with van der Waals surface area (Å²) < 4.78 is 0. The number of anilines is 1. The van der Waals surface area contributed by atoms with Crippen molar-refractivity contribution in [3.63, 3.8) is 0 Å². The molecular weight excluding hydrogens is 287 g/mol. The Morgan fingerprint density at radius 3 is 2.63 bits per heavy atom. The first-order valence-corrected chi connectivity index (χ1v) is 6.24. The van der Waals surface area contributed by atoms with Crippen molar-refractivity contribution in [2.24, 2.45) is 0 Å². The molecule has 0 saturated carbocycles. The zero-order chi connectivity index (χ0) is 13.8. The van der Waals surface area contributed by atoms with Crippen molar-refractivity contribution in [3.05, 3.63) is 68.2 Å². The first kappa shape index (κ1) is 13.6. The van der Waals surface area contributed by atoms with Gasteiger partial charge in [0.05, 0.1) is 4.92 Å². The summed E-state index contributed by atoms with van der Waals surface area (Å²) in [7, 11) is 0. The predicted octanol–water partition coefficient (Wildman–Crippen LogP) is 4.51. The quantitative estimate of drug-likeness (QED) is 0.667. The van der Waals surface area contributed by atoms with E-state index in [9.17, 15) is 10.1 Å². The fraction of sp³-hybridized carbons (Fsp3) is 0.0769. The lowest BCUT2D eigenvalue weighted by Gasteiger charge is -2.08. The van der Waals surface area contributed by atoms with Crippen LogP contribution in [-0.4, -0.2) is 4.92 Å². The minimum Gasteiger partial charge on any atom is -0.381 e. The third-order valence-corrected chi connectivity index (χ3v) is 3.14. The summed E-state index contributed by atoms with van der Waals surface area (Å²) in [4.78, 5) is 10.2. The number of nitro benzene ring substituents is 1. The van der Waals surface area contributed by atoms with Gasteiger partial charge in [-0.15, -0.1) is 0 Å². The largest absolute Gasteiger partial charge is 0.381 e. The van der Waals surface area contributed by atoms with Gasteiger partial charge >= 0.3 is 0 Å². The van der Waals surface area contributed by atoms with Gasteiger partial charge in [0.1, 0.15) is 0 Å². The number of non-ortho nitro benzene ring substituents is 1. The monoisotopic (exact) mass is 296 g/mol. The van der Waals surface area contributed by atoms with Crippen LogP contribution in [0, 0.1) is 10.1 Å². The van der Waals surface area contributed by atoms with E-state index in [1.54, 1.807) is 24.3 Å². The second-order valence-corrected chi connectivity index (χ2v) is 4.74. The molecule has 19 heavy (non-hydrogen) atoms. The van der Waals surface area contributed by atoms with Crippen LogP contribution in [-0.2, 0) is 6.54 Å². The van der Waals surface area contributed by atoms with Crippen LogP contribution in [0.2, 0.25) is 10.0 Å². The summed E-state index contributed by atoms with van der Waals surface area (Å²) in [6, 6.07) is 11.5. The van der Waals surface area contributed by atoms with Gasteiger partial charge in [-0.2, -0.15) is 0 Å². The van der Waals surface area contributed by atoms with Crippen LogP contribution in [0.15, 0.2) is 42.5 Å². The van der Waals surface area contributed by atoms with E-state index in [0.717, 1.165) is 5.56 Å². The minimum atomic E-state index is -0.430. The Labute approximate surface area is 120 Å². The molecule has 0 aliphatic heterocycles. The fourth-order valence-corrected chi connectivity index (χ4v) is 2.07. The molecule has 0 fully saturated rings. The first-order valence-electron chi connectivity index (χ1n) is 5.48. The maximum absolute atomic E-state index is 10.7. The molecule has 0 spiro atoms. The Kier molecular flexibility index (Phi) is 4.24. The molecule has 98 valence electrons. The molecule has 0 unspecified atom stereocenters. The van der Waals surface area contributed by atoms with Crippen molar-refractivity contribution in [3.8, 4) is 0 Å². The average Bonchev–Trinajstić information content (AvgIpc) is 2.38. The number of hydrogen-bond acceptors (Lipinski definition) is 3. The molecular formula is C13H10Cl2N2O2. The summed E-state index contributed by atoms with van der Waals surface area (Å²) in [5, 5.41) is 14.9. The SMILES string of the molecule is O=[N+]([O-])c1cccc(NCc2ccc(Cl)cc2Cl)c1. The Morgan fingerprint density at radius 2 is 1.95 bits per heavy atom. The van der Waals surface area contributed by atoms with Gasteiger partial charge in [-0.05, 0) is 23.8 Å². The number of halogens is 2. The van der Waals surface area contributed by atoms with Crippen LogP contribution in [0.3, 0.4) is 0 Å². The van der Waals surface area contributed by atoms with Crippen molar-refractivity contribution in [1.29, 1.82) is 0 Å². The normalized spacial score (nSPS) is 10.2. The summed E-state index contributed by atoms with van der Waals surface area (Å²) >= 11 is 11.9. The minimum absolute atomic E-state index is 0.0483. The van der Waals surface area contributed by atoms with Crippen molar-refractivity contribution < 1.29 is 4.92 Å². The van der Waals surface area contributed by atoms with Crippen LogP contribution < -0.4 is 5.32 Å². The summed E-state index contributed by atoms with van der Waals surface area (Å²) in [6.45, 7) is 0.469. The van der Waals surface area contributed by atoms with Crippen LogP contribution in [0.1, 0.15) is 5.56 Å². The van der Waals surface area contributed by atoms with E-state index in [2.05, 4.69) is 5.32 Å². The number of hydrogen-bond donors (Lipinski definition) is 1. The molecule has 0 radical (unpaired) electrons. The molecule has 2 aromatic carbocycles. The lowest BCUT2D eigenvalue weighted by atomic mass is 10.2. The molecule has 0 heterocycles. The molecule has 6 heteroatoms. The van der Waals surface area contributed by atoms with Crippen LogP contribution in [0.5, 0.6) is 0 Å². The Morgan fingerprint density at radius 1 is 1.16 bits per heavy atom. The molecule has 1 N–H and O–H groups in total. The molecule has 0 saturated heterocycles.